The van der Waals surface area contributed by atoms with Gasteiger partial charge < -0.3 is 11.1 Å². The summed E-state index contributed by atoms with van der Waals surface area (Å²) in [6.07, 6.45) is 2.49. The van der Waals surface area contributed by atoms with Crippen LogP contribution in [0.15, 0.2) is 43.0 Å². The number of aromatic nitrogens is 1. The monoisotopic (exact) mass is 255 g/mol. The van der Waals surface area contributed by atoms with Gasteiger partial charge in [0, 0.05) is 17.1 Å². The average molecular weight is 255 g/mol. The van der Waals surface area contributed by atoms with Crippen molar-refractivity contribution in [3.05, 3.63) is 48.7 Å². The maximum absolute atomic E-state index is 12.1. The second-order valence-corrected chi connectivity index (χ2v) is 4.51. The zero-order valence-corrected chi connectivity index (χ0v) is 10.9. The Kier molecular flexibility index (Phi) is 3.80. The quantitative estimate of drug-likeness (QED) is 0.825. The van der Waals surface area contributed by atoms with E-state index in [1.807, 2.05) is 31.2 Å². The number of carbonyl (C=O) groups is 1. The van der Waals surface area contributed by atoms with Crippen molar-refractivity contribution in [3.8, 4) is 0 Å². The molecule has 2 aromatic rings. The fourth-order valence-corrected chi connectivity index (χ4v) is 1.93. The first-order chi connectivity index (χ1) is 9.11. The molecule has 1 aromatic carbocycles. The van der Waals surface area contributed by atoms with E-state index in [0.29, 0.717) is 11.4 Å². The number of amides is 1. The first-order valence-corrected chi connectivity index (χ1v) is 6.19. The van der Waals surface area contributed by atoms with Gasteiger partial charge in [0.1, 0.15) is 5.69 Å². The van der Waals surface area contributed by atoms with Crippen LogP contribution in [0.1, 0.15) is 23.8 Å². The first-order valence-electron chi connectivity index (χ1n) is 6.19. The van der Waals surface area contributed by atoms with Crippen LogP contribution in [0.4, 0.5) is 5.69 Å². The van der Waals surface area contributed by atoms with Crippen LogP contribution in [-0.4, -0.2) is 16.9 Å². The molecule has 0 radical (unpaired) electrons. The minimum Gasteiger partial charge on any atom is -0.398 e. The van der Waals surface area contributed by atoms with Crippen LogP contribution in [0.25, 0.3) is 10.9 Å². The fourth-order valence-electron chi connectivity index (χ4n) is 1.93. The topological polar surface area (TPSA) is 68.0 Å². The molecule has 4 nitrogen and oxygen atoms in total. The highest BCUT2D eigenvalue weighted by Crippen LogP contribution is 2.20. The van der Waals surface area contributed by atoms with Crippen LogP contribution in [0.5, 0.6) is 0 Å². The van der Waals surface area contributed by atoms with Crippen LogP contribution < -0.4 is 11.1 Å². The predicted molar refractivity (Wildman–Crippen MR) is 77.9 cm³/mol. The molecule has 2 rings (SSSR count). The molecule has 4 heteroatoms. The number of nitrogens with two attached hydrogens (primary N) is 1. The average Bonchev–Trinajstić information content (AvgIpc) is 2.39. The van der Waals surface area contributed by atoms with Crippen LogP contribution in [0.3, 0.4) is 0 Å². The molecule has 0 aliphatic heterocycles. The maximum Gasteiger partial charge on any atom is 0.270 e. The third-order valence-electron chi connectivity index (χ3n) is 2.88. The highest BCUT2D eigenvalue weighted by molar-refractivity contribution is 5.99. The first kappa shape index (κ1) is 13.1. The zero-order valence-electron chi connectivity index (χ0n) is 10.9. The van der Waals surface area contributed by atoms with E-state index >= 15 is 0 Å². The summed E-state index contributed by atoms with van der Waals surface area (Å²) in [5.74, 6) is -0.216. The Morgan fingerprint density at radius 2 is 2.26 bits per heavy atom. The maximum atomic E-state index is 12.1. The van der Waals surface area contributed by atoms with Gasteiger partial charge in [0.05, 0.1) is 5.52 Å². The van der Waals surface area contributed by atoms with E-state index in [1.54, 1.807) is 12.1 Å². The number of benzene rings is 1. The summed E-state index contributed by atoms with van der Waals surface area (Å²) in [5.41, 5.74) is 7.58. The Bertz CT molecular complexity index is 622. The molecule has 3 N–H and O–H groups in total. The fraction of sp³-hybridized carbons (Fsp3) is 0.200. The molecule has 19 heavy (non-hydrogen) atoms. The van der Waals surface area contributed by atoms with Crippen molar-refractivity contribution in [2.75, 3.05) is 5.73 Å². The number of pyridine rings is 1. The van der Waals surface area contributed by atoms with Crippen LogP contribution in [0, 0.1) is 0 Å². The minimum absolute atomic E-state index is 0.0273. The van der Waals surface area contributed by atoms with Gasteiger partial charge in [0.2, 0.25) is 0 Å². The van der Waals surface area contributed by atoms with Gasteiger partial charge in [-0.25, -0.2) is 4.98 Å². The Hall–Kier alpha value is -2.36. The number of anilines is 1. The number of rotatable bonds is 4. The minimum atomic E-state index is -0.216. The molecule has 1 amide bonds. The van der Waals surface area contributed by atoms with Gasteiger partial charge in [-0.15, -0.1) is 6.58 Å². The van der Waals surface area contributed by atoms with Crippen molar-refractivity contribution in [2.45, 2.75) is 19.4 Å². The van der Waals surface area contributed by atoms with E-state index in [0.717, 1.165) is 17.3 Å². The van der Waals surface area contributed by atoms with Crippen molar-refractivity contribution in [1.82, 2.24) is 10.3 Å². The van der Waals surface area contributed by atoms with E-state index in [4.69, 9.17) is 5.73 Å². The predicted octanol–water partition coefficient (Wildman–Crippen LogP) is 2.51. The molecule has 1 unspecified atom stereocenters. The molecule has 0 fully saturated rings. The summed E-state index contributed by atoms with van der Waals surface area (Å²) in [5, 5.41) is 3.72. The Morgan fingerprint density at radius 1 is 1.53 bits per heavy atom. The third kappa shape index (κ3) is 2.91. The number of hydrogen-bond acceptors (Lipinski definition) is 3. The molecule has 1 atom stereocenters. The normalized spacial score (nSPS) is 12.1. The molecular formula is C15H17N3O. The number of nitrogens with zero attached hydrogens (tertiary/aromatic N) is 1. The summed E-state index contributed by atoms with van der Waals surface area (Å²) in [6.45, 7) is 5.57. The van der Waals surface area contributed by atoms with Crippen LogP contribution in [0.2, 0.25) is 0 Å². The zero-order chi connectivity index (χ0) is 13.8. The molecule has 1 aromatic heterocycles. The summed E-state index contributed by atoms with van der Waals surface area (Å²) < 4.78 is 0. The van der Waals surface area contributed by atoms with E-state index in [2.05, 4.69) is 16.9 Å². The molecular weight excluding hydrogens is 238 g/mol. The Labute approximate surface area is 112 Å². The van der Waals surface area contributed by atoms with Gasteiger partial charge in [-0.3, -0.25) is 4.79 Å². The Morgan fingerprint density at radius 3 is 3.00 bits per heavy atom. The molecule has 0 aliphatic rings. The second-order valence-electron chi connectivity index (χ2n) is 4.51. The SMILES string of the molecule is C=CCC(C)NC(=O)c1cc(N)c2ccccc2n1. The summed E-state index contributed by atoms with van der Waals surface area (Å²) >= 11 is 0. The third-order valence-corrected chi connectivity index (χ3v) is 2.88. The standard InChI is InChI=1S/C15H17N3O/c1-3-6-10(2)17-15(19)14-9-12(16)11-7-4-5-8-13(11)18-14/h3-5,7-10H,1,6H2,2H3,(H2,16,18)(H,17,19). The van der Waals surface area contributed by atoms with Gasteiger partial charge >= 0.3 is 0 Å². The molecule has 0 saturated carbocycles. The number of hydrogen-bond donors (Lipinski definition) is 2. The second kappa shape index (κ2) is 5.52. The van der Waals surface area contributed by atoms with Gasteiger partial charge in [-0.05, 0) is 25.5 Å². The molecule has 0 aliphatic carbocycles. The number of carbonyl (C=O) groups excluding carboxylic acids is 1. The van der Waals surface area contributed by atoms with E-state index < -0.39 is 0 Å². The van der Waals surface area contributed by atoms with Gasteiger partial charge in [-0.2, -0.15) is 0 Å². The molecule has 0 bridgehead atoms. The van der Waals surface area contributed by atoms with Gasteiger partial charge in [0.25, 0.3) is 5.91 Å². The lowest BCUT2D eigenvalue weighted by atomic mass is 10.1. The molecule has 0 saturated heterocycles. The smallest absolute Gasteiger partial charge is 0.270 e. The van der Waals surface area contributed by atoms with Crippen molar-refractivity contribution in [1.29, 1.82) is 0 Å². The largest absolute Gasteiger partial charge is 0.398 e. The van der Waals surface area contributed by atoms with Crippen molar-refractivity contribution >= 4 is 22.5 Å². The van der Waals surface area contributed by atoms with Crippen LogP contribution in [-0.2, 0) is 0 Å². The lowest BCUT2D eigenvalue weighted by molar-refractivity contribution is 0.0936. The molecule has 1 heterocycles. The number of nitrogens with one attached hydrogen (secondary N) is 1. The lowest BCUT2D eigenvalue weighted by Gasteiger charge is -2.12. The number of fused-ring (bicyclic) bond motifs is 1. The molecule has 98 valence electrons. The van der Waals surface area contributed by atoms with E-state index in [-0.39, 0.29) is 11.9 Å². The lowest BCUT2D eigenvalue weighted by Crippen LogP contribution is -2.32. The van der Waals surface area contributed by atoms with Gasteiger partial charge in [0.15, 0.2) is 0 Å². The highest BCUT2D eigenvalue weighted by atomic mass is 16.1. The number of nitrogen functional groups attached to an aromatic ring is 1. The van der Waals surface area contributed by atoms with Gasteiger partial charge in [-0.1, -0.05) is 24.3 Å². The highest BCUT2D eigenvalue weighted by Gasteiger charge is 2.12. The van der Waals surface area contributed by atoms with Crippen LogP contribution >= 0.6 is 0 Å². The van der Waals surface area contributed by atoms with Crippen molar-refractivity contribution in [3.63, 3.8) is 0 Å². The van der Waals surface area contributed by atoms with E-state index in [9.17, 15) is 4.79 Å². The van der Waals surface area contributed by atoms with Crippen molar-refractivity contribution in [2.24, 2.45) is 0 Å². The van der Waals surface area contributed by atoms with E-state index in [1.165, 1.54) is 0 Å². The number of para-hydroxylation sites is 1. The Balaban J connectivity index is 2.30. The summed E-state index contributed by atoms with van der Waals surface area (Å²) in [7, 11) is 0. The van der Waals surface area contributed by atoms with Crippen molar-refractivity contribution < 1.29 is 4.79 Å². The molecule has 0 spiro atoms. The summed E-state index contributed by atoms with van der Waals surface area (Å²) in [4.78, 5) is 16.4. The summed E-state index contributed by atoms with van der Waals surface area (Å²) in [6, 6.07) is 9.14.